The number of aromatic nitrogens is 3. The van der Waals surface area contributed by atoms with Gasteiger partial charge in [0.25, 0.3) is 0 Å². The average molecular weight is 365 g/mol. The Morgan fingerprint density at radius 3 is 2.35 bits per heavy atom. The van der Waals surface area contributed by atoms with Crippen molar-refractivity contribution in [1.29, 1.82) is 0 Å². The highest BCUT2D eigenvalue weighted by Crippen LogP contribution is 2.27. The second kappa shape index (κ2) is 8.98. The molecule has 1 aromatic heterocycles. The maximum absolute atomic E-state index is 12.3. The van der Waals surface area contributed by atoms with Gasteiger partial charge in [0, 0.05) is 39.6 Å². The van der Waals surface area contributed by atoms with Gasteiger partial charge < -0.3 is 24.6 Å². The molecular weight excluding hydrogens is 334 g/mol. The summed E-state index contributed by atoms with van der Waals surface area (Å²) < 4.78 is 2.19. The third-order valence-electron chi connectivity index (χ3n) is 4.64. The summed E-state index contributed by atoms with van der Waals surface area (Å²) >= 11 is 0. The first-order chi connectivity index (χ1) is 12.3. The number of carbonyl (C=O) groups is 2. The first kappa shape index (κ1) is 20.2. The van der Waals surface area contributed by atoms with Crippen LogP contribution in [-0.2, 0) is 17.9 Å². The Bertz CT molecular complexity index is 619. The molecule has 0 aromatic carbocycles. The lowest BCUT2D eigenvalue weighted by molar-refractivity contribution is -0.131. The Hall–Kier alpha value is -2.16. The quantitative estimate of drug-likeness (QED) is 0.785. The van der Waals surface area contributed by atoms with E-state index < -0.39 is 0 Å². The molecule has 2 heterocycles. The Labute approximate surface area is 155 Å². The van der Waals surface area contributed by atoms with E-state index >= 15 is 0 Å². The van der Waals surface area contributed by atoms with Gasteiger partial charge >= 0.3 is 6.03 Å². The highest BCUT2D eigenvalue weighted by molar-refractivity contribution is 5.83. The summed E-state index contributed by atoms with van der Waals surface area (Å²) in [5.41, 5.74) is 0. The van der Waals surface area contributed by atoms with Crippen molar-refractivity contribution in [3.05, 3.63) is 11.6 Å². The van der Waals surface area contributed by atoms with Gasteiger partial charge in [-0.15, -0.1) is 10.2 Å². The monoisotopic (exact) mass is 365 g/mol. The number of piperidine rings is 1. The van der Waals surface area contributed by atoms with Crippen LogP contribution in [0.3, 0.4) is 0 Å². The van der Waals surface area contributed by atoms with Crippen LogP contribution in [-0.4, -0.2) is 89.2 Å². The highest BCUT2D eigenvalue weighted by atomic mass is 16.2. The SMILES string of the molecule is CCn1c(CN(C)C)nnc1C1CCN(C(=O)CNC(=O)N(C)C)CC1. The van der Waals surface area contributed by atoms with Crippen molar-refractivity contribution < 1.29 is 9.59 Å². The minimum atomic E-state index is -0.252. The zero-order chi connectivity index (χ0) is 19.3. The second-order valence-corrected chi connectivity index (χ2v) is 7.16. The van der Waals surface area contributed by atoms with Crippen LogP contribution < -0.4 is 5.32 Å². The van der Waals surface area contributed by atoms with E-state index in [1.54, 1.807) is 14.1 Å². The smallest absolute Gasteiger partial charge is 0.317 e. The van der Waals surface area contributed by atoms with Crippen molar-refractivity contribution in [3.8, 4) is 0 Å². The van der Waals surface area contributed by atoms with Gasteiger partial charge in [-0.05, 0) is 33.9 Å². The van der Waals surface area contributed by atoms with Crippen LogP contribution in [0.4, 0.5) is 4.79 Å². The van der Waals surface area contributed by atoms with Gasteiger partial charge in [-0.1, -0.05) is 0 Å². The molecular formula is C17H31N7O2. The average Bonchev–Trinajstić information content (AvgIpc) is 3.01. The fourth-order valence-corrected chi connectivity index (χ4v) is 3.20. The summed E-state index contributed by atoms with van der Waals surface area (Å²) in [5, 5.41) is 11.4. The molecule has 1 aliphatic heterocycles. The lowest BCUT2D eigenvalue weighted by Gasteiger charge is -2.32. The van der Waals surface area contributed by atoms with Gasteiger partial charge in [-0.2, -0.15) is 0 Å². The summed E-state index contributed by atoms with van der Waals surface area (Å²) in [6.07, 6.45) is 1.74. The van der Waals surface area contributed by atoms with E-state index in [1.807, 2.05) is 19.0 Å². The van der Waals surface area contributed by atoms with E-state index in [0.29, 0.717) is 19.0 Å². The van der Waals surface area contributed by atoms with E-state index in [2.05, 4.69) is 31.9 Å². The Balaban J connectivity index is 1.91. The molecule has 1 aromatic rings. The number of carbonyl (C=O) groups excluding carboxylic acids is 2. The lowest BCUT2D eigenvalue weighted by Crippen LogP contribution is -2.45. The molecule has 9 nitrogen and oxygen atoms in total. The van der Waals surface area contributed by atoms with E-state index in [-0.39, 0.29) is 18.5 Å². The summed E-state index contributed by atoms with van der Waals surface area (Å²) in [7, 11) is 7.35. The summed E-state index contributed by atoms with van der Waals surface area (Å²) in [6, 6.07) is -0.252. The van der Waals surface area contributed by atoms with Gasteiger partial charge in [-0.3, -0.25) is 4.79 Å². The van der Waals surface area contributed by atoms with E-state index in [0.717, 1.165) is 37.6 Å². The number of nitrogens with zero attached hydrogens (tertiary/aromatic N) is 6. The maximum Gasteiger partial charge on any atom is 0.317 e. The zero-order valence-electron chi connectivity index (χ0n) is 16.5. The molecule has 0 aliphatic carbocycles. The molecule has 1 saturated heterocycles. The summed E-state index contributed by atoms with van der Waals surface area (Å²) in [6.45, 7) is 5.13. The van der Waals surface area contributed by atoms with Crippen LogP contribution in [0.25, 0.3) is 0 Å². The topological polar surface area (TPSA) is 86.6 Å². The standard InChI is InChI=1S/C17H31N7O2/c1-6-24-14(12-21(2)3)19-20-16(24)13-7-9-23(10-8-13)15(25)11-18-17(26)22(4)5/h13H,6-12H2,1-5H3,(H,18,26). The van der Waals surface area contributed by atoms with Crippen LogP contribution >= 0.6 is 0 Å². The zero-order valence-corrected chi connectivity index (χ0v) is 16.5. The highest BCUT2D eigenvalue weighted by Gasteiger charge is 2.28. The predicted octanol–water partition coefficient (Wildman–Crippen LogP) is 0.337. The maximum atomic E-state index is 12.3. The summed E-state index contributed by atoms with van der Waals surface area (Å²) in [4.78, 5) is 29.1. The lowest BCUT2D eigenvalue weighted by atomic mass is 9.95. The number of likely N-dealkylation sites (tertiary alicyclic amines) is 1. The fourth-order valence-electron chi connectivity index (χ4n) is 3.20. The van der Waals surface area contributed by atoms with Crippen LogP contribution in [0.5, 0.6) is 0 Å². The largest absolute Gasteiger partial charge is 0.341 e. The van der Waals surface area contributed by atoms with Gasteiger partial charge in [-0.25, -0.2) is 4.79 Å². The fraction of sp³-hybridized carbons (Fsp3) is 0.765. The molecule has 3 amide bonds. The van der Waals surface area contributed by atoms with Gasteiger partial charge in [0.05, 0.1) is 13.1 Å². The first-order valence-corrected chi connectivity index (χ1v) is 9.13. The molecule has 1 aliphatic rings. The molecule has 1 fully saturated rings. The van der Waals surface area contributed by atoms with E-state index in [1.165, 1.54) is 4.90 Å². The molecule has 2 rings (SSSR count). The molecule has 26 heavy (non-hydrogen) atoms. The van der Waals surface area contributed by atoms with Crippen molar-refractivity contribution >= 4 is 11.9 Å². The van der Waals surface area contributed by atoms with Crippen LogP contribution in [0.1, 0.15) is 37.3 Å². The van der Waals surface area contributed by atoms with Crippen LogP contribution in [0.2, 0.25) is 0 Å². The first-order valence-electron chi connectivity index (χ1n) is 9.13. The van der Waals surface area contributed by atoms with E-state index in [4.69, 9.17) is 0 Å². The van der Waals surface area contributed by atoms with Crippen molar-refractivity contribution in [2.24, 2.45) is 0 Å². The Morgan fingerprint density at radius 1 is 1.15 bits per heavy atom. The molecule has 0 atom stereocenters. The van der Waals surface area contributed by atoms with Crippen LogP contribution in [0.15, 0.2) is 0 Å². The minimum absolute atomic E-state index is 0.0381. The van der Waals surface area contributed by atoms with Crippen LogP contribution in [0, 0.1) is 0 Å². The number of hydrogen-bond acceptors (Lipinski definition) is 5. The molecule has 0 spiro atoms. The van der Waals surface area contributed by atoms with Crippen molar-refractivity contribution in [2.45, 2.75) is 38.8 Å². The third-order valence-corrected chi connectivity index (χ3v) is 4.64. The van der Waals surface area contributed by atoms with Gasteiger partial charge in [0.1, 0.15) is 11.6 Å². The number of amides is 3. The summed E-state index contributed by atoms with van der Waals surface area (Å²) in [5.74, 6) is 2.29. The molecule has 9 heteroatoms. The number of hydrogen-bond donors (Lipinski definition) is 1. The minimum Gasteiger partial charge on any atom is -0.341 e. The predicted molar refractivity (Wildman–Crippen MR) is 98.7 cm³/mol. The van der Waals surface area contributed by atoms with E-state index in [9.17, 15) is 9.59 Å². The molecule has 0 bridgehead atoms. The third kappa shape index (κ3) is 4.94. The number of rotatable bonds is 6. The molecule has 0 radical (unpaired) electrons. The second-order valence-electron chi connectivity index (χ2n) is 7.16. The van der Waals surface area contributed by atoms with Crippen molar-refractivity contribution in [3.63, 3.8) is 0 Å². The number of nitrogens with one attached hydrogen (secondary N) is 1. The Kier molecular flexibility index (Phi) is 6.96. The molecule has 0 saturated carbocycles. The van der Waals surface area contributed by atoms with Gasteiger partial charge in [0.2, 0.25) is 5.91 Å². The molecule has 146 valence electrons. The van der Waals surface area contributed by atoms with Gasteiger partial charge in [0.15, 0.2) is 0 Å². The normalized spacial score (nSPS) is 15.4. The van der Waals surface area contributed by atoms with Crippen molar-refractivity contribution in [2.75, 3.05) is 47.8 Å². The Morgan fingerprint density at radius 2 is 1.81 bits per heavy atom. The van der Waals surface area contributed by atoms with Crippen molar-refractivity contribution in [1.82, 2.24) is 34.8 Å². The number of urea groups is 1. The molecule has 1 N–H and O–H groups in total. The molecule has 0 unspecified atom stereocenters.